The molecule has 1 amide bonds. The average Bonchev–Trinajstić information content (AvgIpc) is 2.89. The Labute approximate surface area is 199 Å². The lowest BCUT2D eigenvalue weighted by Gasteiger charge is -2.36. The van der Waals surface area contributed by atoms with E-state index >= 15 is 0 Å². The number of carbonyl (C=O) groups is 3. The van der Waals surface area contributed by atoms with E-state index in [1.165, 1.54) is 14.2 Å². The summed E-state index contributed by atoms with van der Waals surface area (Å²) in [5.74, 6) is -2.06. The molecule has 0 saturated carbocycles. The second-order valence-corrected chi connectivity index (χ2v) is 8.08. The van der Waals surface area contributed by atoms with Gasteiger partial charge in [-0.05, 0) is 22.6 Å². The minimum atomic E-state index is -1.25. The lowest BCUT2D eigenvalue weighted by Crippen LogP contribution is -2.54. The normalized spacial score (nSPS) is 12.8. The van der Waals surface area contributed by atoms with E-state index in [0.29, 0.717) is 0 Å². The summed E-state index contributed by atoms with van der Waals surface area (Å²) in [5.41, 5.74) is 0.985. The lowest BCUT2D eigenvalue weighted by atomic mass is 9.68. The number of esters is 2. The van der Waals surface area contributed by atoms with Gasteiger partial charge in [-0.15, -0.1) is 0 Å². The van der Waals surface area contributed by atoms with Gasteiger partial charge >= 0.3 is 11.9 Å². The molecule has 0 unspecified atom stereocenters. The van der Waals surface area contributed by atoms with E-state index in [9.17, 15) is 14.4 Å². The Balaban J connectivity index is 2.18. The zero-order chi connectivity index (χ0) is 24.6. The summed E-state index contributed by atoms with van der Waals surface area (Å²) in [6.07, 6.45) is -0.0500. The van der Waals surface area contributed by atoms with Gasteiger partial charge in [0.05, 0.1) is 20.6 Å². The Morgan fingerprint density at radius 3 is 1.50 bits per heavy atom. The summed E-state index contributed by atoms with van der Waals surface area (Å²) in [5, 5.41) is 2.91. The maximum atomic E-state index is 14.3. The van der Waals surface area contributed by atoms with E-state index in [1.807, 2.05) is 91.0 Å². The van der Waals surface area contributed by atoms with Crippen LogP contribution in [-0.4, -0.2) is 38.1 Å². The van der Waals surface area contributed by atoms with Crippen molar-refractivity contribution in [3.63, 3.8) is 0 Å². The van der Waals surface area contributed by atoms with E-state index in [0.717, 1.165) is 16.7 Å². The van der Waals surface area contributed by atoms with Gasteiger partial charge in [0.2, 0.25) is 5.91 Å². The Hall–Kier alpha value is -3.93. The Kier molecular flexibility index (Phi) is 8.19. The van der Waals surface area contributed by atoms with Gasteiger partial charge in [-0.1, -0.05) is 97.9 Å². The molecule has 1 N–H and O–H groups in total. The first-order chi connectivity index (χ1) is 16.4. The molecule has 3 aromatic rings. The van der Waals surface area contributed by atoms with Crippen molar-refractivity contribution in [2.45, 2.75) is 24.8 Å². The summed E-state index contributed by atoms with van der Waals surface area (Å²) in [7, 11) is 2.54. The Bertz CT molecular complexity index is 1000. The minimum absolute atomic E-state index is 0.0500. The van der Waals surface area contributed by atoms with Gasteiger partial charge in [-0.2, -0.15) is 0 Å². The van der Waals surface area contributed by atoms with Crippen LogP contribution in [0.5, 0.6) is 0 Å². The molecular weight excluding hydrogens is 430 g/mol. The van der Waals surface area contributed by atoms with Gasteiger partial charge in [0.25, 0.3) is 0 Å². The molecule has 3 aromatic carbocycles. The topological polar surface area (TPSA) is 81.7 Å². The average molecular weight is 460 g/mol. The van der Waals surface area contributed by atoms with E-state index < -0.39 is 35.2 Å². The van der Waals surface area contributed by atoms with E-state index in [1.54, 1.807) is 6.92 Å². The molecule has 6 nitrogen and oxygen atoms in total. The highest BCUT2D eigenvalue weighted by Crippen LogP contribution is 2.39. The zero-order valence-corrected chi connectivity index (χ0v) is 19.6. The third kappa shape index (κ3) is 5.01. The fourth-order valence-corrected chi connectivity index (χ4v) is 4.23. The largest absolute Gasteiger partial charge is 0.469 e. The van der Waals surface area contributed by atoms with Crippen LogP contribution in [0.1, 0.15) is 30.0 Å². The number of hydrogen-bond donors (Lipinski definition) is 1. The molecular formula is C28H29NO5. The third-order valence-electron chi connectivity index (χ3n) is 5.99. The van der Waals surface area contributed by atoms with Crippen molar-refractivity contribution < 1.29 is 23.9 Å². The van der Waals surface area contributed by atoms with Crippen molar-refractivity contribution in [3.8, 4) is 0 Å². The van der Waals surface area contributed by atoms with Gasteiger partial charge in [-0.3, -0.25) is 9.59 Å². The number of benzene rings is 3. The molecule has 34 heavy (non-hydrogen) atoms. The first-order valence-corrected chi connectivity index (χ1v) is 11.1. The molecule has 3 rings (SSSR count). The molecule has 176 valence electrons. The predicted octanol–water partition coefficient (Wildman–Crippen LogP) is 3.88. The standard InChI is InChI=1S/C28H29NO5/c1-20(19-24(30)33-2)25(26(31)34-3)29-27(32)28(21-13-7-4-8-14-21,22-15-9-5-10-16-22)23-17-11-6-12-18-23/h4-18,20,25H,19H2,1-3H3,(H,29,32)/t20-,25+/m0/s1. The lowest BCUT2D eigenvalue weighted by molar-refractivity contribution is -0.148. The van der Waals surface area contributed by atoms with E-state index in [4.69, 9.17) is 9.47 Å². The van der Waals surface area contributed by atoms with Gasteiger partial charge in [0.1, 0.15) is 11.5 Å². The van der Waals surface area contributed by atoms with Crippen molar-refractivity contribution in [2.75, 3.05) is 14.2 Å². The van der Waals surface area contributed by atoms with Crippen LogP contribution in [0.25, 0.3) is 0 Å². The van der Waals surface area contributed by atoms with E-state index in [2.05, 4.69) is 5.32 Å². The SMILES string of the molecule is COC(=O)C[C@H](C)[C@@H](NC(=O)C(c1ccccc1)(c1ccccc1)c1ccccc1)C(=O)OC. The van der Waals surface area contributed by atoms with Crippen LogP contribution in [0.15, 0.2) is 91.0 Å². The highest BCUT2D eigenvalue weighted by atomic mass is 16.5. The quantitative estimate of drug-likeness (QED) is 0.388. The molecule has 0 aliphatic rings. The highest BCUT2D eigenvalue weighted by Gasteiger charge is 2.45. The Morgan fingerprint density at radius 2 is 1.15 bits per heavy atom. The number of ether oxygens (including phenoxy) is 2. The number of rotatable bonds is 9. The maximum absolute atomic E-state index is 14.3. The van der Waals surface area contributed by atoms with Crippen LogP contribution >= 0.6 is 0 Å². The summed E-state index contributed by atoms with van der Waals surface area (Å²) < 4.78 is 9.73. The fraction of sp³-hybridized carbons (Fsp3) is 0.250. The third-order valence-corrected chi connectivity index (χ3v) is 5.99. The van der Waals surface area contributed by atoms with Crippen molar-refractivity contribution in [3.05, 3.63) is 108 Å². The second kappa shape index (κ2) is 11.3. The van der Waals surface area contributed by atoms with Gasteiger partial charge in [-0.25, -0.2) is 4.79 Å². The molecule has 0 aliphatic heterocycles. The highest BCUT2D eigenvalue weighted by molar-refractivity contribution is 5.98. The molecule has 0 aliphatic carbocycles. The van der Waals surface area contributed by atoms with Crippen molar-refractivity contribution in [1.82, 2.24) is 5.32 Å². The van der Waals surface area contributed by atoms with Gasteiger partial charge < -0.3 is 14.8 Å². The van der Waals surface area contributed by atoms with Crippen LogP contribution in [0.4, 0.5) is 0 Å². The zero-order valence-electron chi connectivity index (χ0n) is 19.6. The number of amides is 1. The molecule has 0 saturated heterocycles. The van der Waals surface area contributed by atoms with Crippen molar-refractivity contribution in [1.29, 1.82) is 0 Å². The van der Waals surface area contributed by atoms with Crippen LogP contribution < -0.4 is 5.32 Å². The number of carbonyl (C=O) groups excluding carboxylic acids is 3. The number of methoxy groups -OCH3 is 2. The van der Waals surface area contributed by atoms with Crippen molar-refractivity contribution in [2.24, 2.45) is 5.92 Å². The van der Waals surface area contributed by atoms with Crippen molar-refractivity contribution >= 4 is 17.8 Å². The molecule has 0 radical (unpaired) electrons. The number of nitrogens with one attached hydrogen (secondary N) is 1. The summed E-state index contributed by atoms with van der Waals surface area (Å²) in [6.45, 7) is 1.70. The molecule has 6 heteroatoms. The molecule has 2 atom stereocenters. The second-order valence-electron chi connectivity index (χ2n) is 8.08. The summed E-state index contributed by atoms with van der Waals surface area (Å²) in [4.78, 5) is 38.9. The van der Waals surface area contributed by atoms with E-state index in [-0.39, 0.29) is 6.42 Å². The van der Waals surface area contributed by atoms with Gasteiger partial charge in [0, 0.05) is 0 Å². The summed E-state index contributed by atoms with van der Waals surface area (Å²) in [6, 6.07) is 27.2. The van der Waals surface area contributed by atoms with Crippen LogP contribution in [0.3, 0.4) is 0 Å². The minimum Gasteiger partial charge on any atom is -0.469 e. The smallest absolute Gasteiger partial charge is 0.328 e. The monoisotopic (exact) mass is 459 g/mol. The van der Waals surface area contributed by atoms with Crippen LogP contribution in [-0.2, 0) is 29.3 Å². The molecule has 0 heterocycles. The summed E-state index contributed by atoms with van der Waals surface area (Å²) >= 11 is 0. The molecule has 0 bridgehead atoms. The number of hydrogen-bond acceptors (Lipinski definition) is 5. The Morgan fingerprint density at radius 1 is 0.735 bits per heavy atom. The molecule has 0 fully saturated rings. The first kappa shape index (κ1) is 24.7. The predicted molar refractivity (Wildman–Crippen MR) is 129 cm³/mol. The van der Waals surface area contributed by atoms with Crippen LogP contribution in [0, 0.1) is 5.92 Å². The van der Waals surface area contributed by atoms with Crippen LogP contribution in [0.2, 0.25) is 0 Å². The maximum Gasteiger partial charge on any atom is 0.328 e. The molecule has 0 spiro atoms. The van der Waals surface area contributed by atoms with Gasteiger partial charge in [0.15, 0.2) is 0 Å². The first-order valence-electron chi connectivity index (χ1n) is 11.1. The molecule has 0 aromatic heterocycles. The fourth-order valence-electron chi connectivity index (χ4n) is 4.23.